The largest absolute Gasteiger partial charge is 0.384 e. The van der Waals surface area contributed by atoms with Gasteiger partial charge in [0.1, 0.15) is 0 Å². The molecule has 0 rings (SSSR count). The Labute approximate surface area is 105 Å². The lowest BCUT2D eigenvalue weighted by molar-refractivity contribution is -0.126. The number of hydrogen-bond donors (Lipinski definition) is 2. The van der Waals surface area contributed by atoms with E-state index in [2.05, 4.69) is 5.32 Å². The molecule has 0 aliphatic heterocycles. The molecule has 5 heteroatoms. The Bertz CT molecular complexity index is 196. The molecule has 0 radical (unpaired) electrons. The molecule has 0 fully saturated rings. The fourth-order valence-electron chi connectivity index (χ4n) is 1.26. The molecule has 4 nitrogen and oxygen atoms in total. The first-order valence-corrected chi connectivity index (χ1v) is 5.54. The summed E-state index contributed by atoms with van der Waals surface area (Å²) in [6, 6.07) is 0. The van der Waals surface area contributed by atoms with Crippen LogP contribution in [0.25, 0.3) is 0 Å². The van der Waals surface area contributed by atoms with Gasteiger partial charge in [0.25, 0.3) is 0 Å². The van der Waals surface area contributed by atoms with Crippen LogP contribution in [0.5, 0.6) is 0 Å². The Hall–Kier alpha value is -0.320. The van der Waals surface area contributed by atoms with Crippen molar-refractivity contribution in [2.45, 2.75) is 39.2 Å². The topological polar surface area (TPSA) is 64.3 Å². The lowest BCUT2D eigenvalue weighted by Gasteiger charge is -2.27. The quantitative estimate of drug-likeness (QED) is 0.719. The van der Waals surface area contributed by atoms with Crippen LogP contribution in [-0.4, -0.2) is 31.7 Å². The van der Waals surface area contributed by atoms with E-state index in [1.54, 1.807) is 7.11 Å². The van der Waals surface area contributed by atoms with E-state index < -0.39 is 0 Å². The van der Waals surface area contributed by atoms with E-state index in [-0.39, 0.29) is 29.8 Å². The van der Waals surface area contributed by atoms with Gasteiger partial charge in [-0.15, -0.1) is 12.4 Å². The summed E-state index contributed by atoms with van der Waals surface area (Å²) in [4.78, 5) is 11.6. The highest BCUT2D eigenvalue weighted by atomic mass is 35.5. The second-order valence-corrected chi connectivity index (χ2v) is 4.14. The minimum Gasteiger partial charge on any atom is -0.384 e. The molecule has 1 atom stereocenters. The van der Waals surface area contributed by atoms with Gasteiger partial charge in [0.2, 0.25) is 5.91 Å². The SMILES string of the molecule is CCC(N)(CC)CNC(=O)C(C)COC.Cl. The average Bonchev–Trinajstić information content (AvgIpc) is 2.25. The molecule has 0 saturated carbocycles. The predicted octanol–water partition coefficient (Wildman–Crippen LogP) is 1.32. The minimum atomic E-state index is -0.275. The second-order valence-electron chi connectivity index (χ2n) is 4.14. The predicted molar refractivity (Wildman–Crippen MR) is 68.8 cm³/mol. The lowest BCUT2D eigenvalue weighted by atomic mass is 9.94. The Kier molecular flexibility index (Phi) is 9.92. The van der Waals surface area contributed by atoms with Crippen LogP contribution in [0.15, 0.2) is 0 Å². The Morgan fingerprint density at radius 2 is 1.94 bits per heavy atom. The standard InChI is InChI=1S/C11H24N2O2.ClH/c1-5-11(12,6-2)8-13-10(14)9(3)7-15-4;/h9H,5-8,12H2,1-4H3,(H,13,14);1H. The third-order valence-electron chi connectivity index (χ3n) is 2.89. The zero-order chi connectivity index (χ0) is 11.9. The molecule has 0 heterocycles. The number of ether oxygens (including phenoxy) is 1. The van der Waals surface area contributed by atoms with Crippen molar-refractivity contribution in [2.75, 3.05) is 20.3 Å². The molecule has 16 heavy (non-hydrogen) atoms. The number of carbonyl (C=O) groups excluding carboxylic acids is 1. The molecule has 0 aromatic rings. The van der Waals surface area contributed by atoms with Crippen LogP contribution in [0.3, 0.4) is 0 Å². The van der Waals surface area contributed by atoms with Crippen molar-refractivity contribution in [3.8, 4) is 0 Å². The third-order valence-corrected chi connectivity index (χ3v) is 2.89. The molecular formula is C11H25ClN2O2. The van der Waals surface area contributed by atoms with Gasteiger partial charge in [-0.1, -0.05) is 20.8 Å². The van der Waals surface area contributed by atoms with Crippen molar-refractivity contribution in [1.29, 1.82) is 0 Å². The number of carbonyl (C=O) groups is 1. The van der Waals surface area contributed by atoms with Gasteiger partial charge in [-0.3, -0.25) is 4.79 Å². The maximum atomic E-state index is 11.6. The van der Waals surface area contributed by atoms with Crippen LogP contribution in [0, 0.1) is 5.92 Å². The van der Waals surface area contributed by atoms with Crippen molar-refractivity contribution in [3.05, 3.63) is 0 Å². The maximum absolute atomic E-state index is 11.6. The molecule has 3 N–H and O–H groups in total. The summed E-state index contributed by atoms with van der Waals surface area (Å²) in [6.45, 7) is 6.89. The maximum Gasteiger partial charge on any atom is 0.225 e. The van der Waals surface area contributed by atoms with E-state index in [4.69, 9.17) is 10.5 Å². The van der Waals surface area contributed by atoms with Crippen LogP contribution in [0.4, 0.5) is 0 Å². The summed E-state index contributed by atoms with van der Waals surface area (Å²) in [5, 5.41) is 2.87. The Morgan fingerprint density at radius 1 is 1.44 bits per heavy atom. The van der Waals surface area contributed by atoms with Crippen LogP contribution in [0.1, 0.15) is 33.6 Å². The highest BCUT2D eigenvalue weighted by Crippen LogP contribution is 2.09. The number of rotatable bonds is 7. The molecule has 0 aliphatic carbocycles. The third kappa shape index (κ3) is 6.30. The van der Waals surface area contributed by atoms with Crippen molar-refractivity contribution in [2.24, 2.45) is 11.7 Å². The highest BCUT2D eigenvalue weighted by molar-refractivity contribution is 5.85. The summed E-state index contributed by atoms with van der Waals surface area (Å²) < 4.78 is 4.92. The van der Waals surface area contributed by atoms with Crippen molar-refractivity contribution < 1.29 is 9.53 Å². The fourth-order valence-corrected chi connectivity index (χ4v) is 1.26. The number of nitrogens with two attached hydrogens (primary N) is 1. The van der Waals surface area contributed by atoms with Crippen molar-refractivity contribution in [3.63, 3.8) is 0 Å². The van der Waals surface area contributed by atoms with Gasteiger partial charge in [-0.2, -0.15) is 0 Å². The number of methoxy groups -OCH3 is 1. The monoisotopic (exact) mass is 252 g/mol. The first kappa shape index (κ1) is 18.1. The molecule has 98 valence electrons. The summed E-state index contributed by atoms with van der Waals surface area (Å²) in [5.74, 6) is -0.110. The van der Waals surface area contributed by atoms with E-state index in [0.29, 0.717) is 13.2 Å². The molecule has 0 bridgehead atoms. The van der Waals surface area contributed by atoms with Crippen LogP contribution < -0.4 is 11.1 Å². The minimum absolute atomic E-state index is 0. The number of halogens is 1. The summed E-state index contributed by atoms with van der Waals surface area (Å²) in [7, 11) is 1.59. The number of nitrogens with one attached hydrogen (secondary N) is 1. The summed E-state index contributed by atoms with van der Waals surface area (Å²) >= 11 is 0. The molecular weight excluding hydrogens is 228 g/mol. The lowest BCUT2D eigenvalue weighted by Crippen LogP contribution is -2.50. The van der Waals surface area contributed by atoms with Crippen molar-refractivity contribution in [1.82, 2.24) is 5.32 Å². The van der Waals surface area contributed by atoms with Gasteiger partial charge in [0.05, 0.1) is 12.5 Å². The van der Waals surface area contributed by atoms with E-state index >= 15 is 0 Å². The summed E-state index contributed by atoms with van der Waals surface area (Å²) in [5.41, 5.74) is 5.80. The smallest absolute Gasteiger partial charge is 0.225 e. The molecule has 0 spiro atoms. The normalized spacial score (nSPS) is 12.8. The molecule has 0 aromatic carbocycles. The van der Waals surface area contributed by atoms with Crippen LogP contribution in [0.2, 0.25) is 0 Å². The van der Waals surface area contributed by atoms with E-state index in [0.717, 1.165) is 12.8 Å². The van der Waals surface area contributed by atoms with E-state index in [1.807, 2.05) is 20.8 Å². The van der Waals surface area contributed by atoms with Crippen LogP contribution >= 0.6 is 12.4 Å². The number of amides is 1. The fraction of sp³-hybridized carbons (Fsp3) is 0.909. The van der Waals surface area contributed by atoms with Gasteiger partial charge in [0.15, 0.2) is 0 Å². The first-order chi connectivity index (χ1) is 6.99. The van der Waals surface area contributed by atoms with E-state index in [9.17, 15) is 4.79 Å². The van der Waals surface area contributed by atoms with E-state index in [1.165, 1.54) is 0 Å². The van der Waals surface area contributed by atoms with Crippen molar-refractivity contribution >= 4 is 18.3 Å². The second kappa shape index (κ2) is 8.79. The average molecular weight is 253 g/mol. The zero-order valence-electron chi connectivity index (χ0n) is 10.7. The molecule has 0 aromatic heterocycles. The van der Waals surface area contributed by atoms with Gasteiger partial charge in [-0.25, -0.2) is 0 Å². The van der Waals surface area contributed by atoms with Gasteiger partial charge < -0.3 is 15.8 Å². The molecule has 0 aliphatic rings. The van der Waals surface area contributed by atoms with Gasteiger partial charge >= 0.3 is 0 Å². The summed E-state index contributed by atoms with van der Waals surface area (Å²) in [6.07, 6.45) is 1.73. The van der Waals surface area contributed by atoms with Gasteiger partial charge in [0, 0.05) is 19.2 Å². The Morgan fingerprint density at radius 3 is 2.31 bits per heavy atom. The Balaban J connectivity index is 0. The molecule has 0 saturated heterocycles. The zero-order valence-corrected chi connectivity index (χ0v) is 11.5. The first-order valence-electron chi connectivity index (χ1n) is 5.54. The van der Waals surface area contributed by atoms with Gasteiger partial charge in [-0.05, 0) is 12.8 Å². The number of hydrogen-bond acceptors (Lipinski definition) is 3. The molecule has 1 amide bonds. The molecule has 1 unspecified atom stereocenters. The van der Waals surface area contributed by atoms with Crippen LogP contribution in [-0.2, 0) is 9.53 Å². The highest BCUT2D eigenvalue weighted by Gasteiger charge is 2.22.